The second-order valence-corrected chi connectivity index (χ2v) is 7.75. The molecule has 1 amide bonds. The van der Waals surface area contributed by atoms with Crippen LogP contribution in [0.3, 0.4) is 0 Å². The number of Topliss-reactive ketones (excluding diaryl/α,β-unsaturated/α-hetero) is 1. The molecule has 0 saturated heterocycles. The summed E-state index contributed by atoms with van der Waals surface area (Å²) in [5, 5.41) is 2.66. The molecular formula is C23H20FNO5S. The Morgan fingerprint density at radius 3 is 2.48 bits per heavy atom. The SMILES string of the molecule is CC(=O)NCc1ccc(C(=O)COC(=O)c2ccccc2OCc2ccc(F)cc2)s1. The van der Waals surface area contributed by atoms with Gasteiger partial charge in [0.05, 0.1) is 11.4 Å². The minimum atomic E-state index is -0.682. The molecule has 0 unspecified atom stereocenters. The summed E-state index contributed by atoms with van der Waals surface area (Å²) < 4.78 is 23.9. The van der Waals surface area contributed by atoms with Crippen molar-refractivity contribution in [1.82, 2.24) is 5.32 Å². The first kappa shape index (κ1) is 22.2. The molecule has 6 nitrogen and oxygen atoms in total. The Bertz CT molecular complexity index is 1080. The molecule has 0 aliphatic rings. The van der Waals surface area contributed by atoms with Crippen LogP contribution < -0.4 is 10.1 Å². The van der Waals surface area contributed by atoms with Crippen molar-refractivity contribution < 1.29 is 28.2 Å². The van der Waals surface area contributed by atoms with Gasteiger partial charge >= 0.3 is 5.97 Å². The zero-order valence-corrected chi connectivity index (χ0v) is 17.5. The number of para-hydroxylation sites is 1. The quantitative estimate of drug-likeness (QED) is 0.399. The number of nitrogens with one attached hydrogen (secondary N) is 1. The predicted octanol–water partition coefficient (Wildman–Crippen LogP) is 4.14. The van der Waals surface area contributed by atoms with Crippen molar-refractivity contribution >= 4 is 29.0 Å². The van der Waals surface area contributed by atoms with E-state index >= 15 is 0 Å². The van der Waals surface area contributed by atoms with Crippen LogP contribution in [0.4, 0.5) is 4.39 Å². The molecule has 160 valence electrons. The molecule has 8 heteroatoms. The summed E-state index contributed by atoms with van der Waals surface area (Å²) >= 11 is 1.23. The van der Waals surface area contributed by atoms with Crippen LogP contribution in [0.25, 0.3) is 0 Å². The first-order valence-corrected chi connectivity index (χ1v) is 10.2. The second kappa shape index (κ2) is 10.5. The van der Waals surface area contributed by atoms with Crippen LogP contribution in [0.2, 0.25) is 0 Å². The lowest BCUT2D eigenvalue weighted by molar-refractivity contribution is -0.119. The smallest absolute Gasteiger partial charge is 0.342 e. The van der Waals surface area contributed by atoms with Crippen LogP contribution in [-0.2, 0) is 22.7 Å². The molecule has 0 fully saturated rings. The van der Waals surface area contributed by atoms with Gasteiger partial charge in [-0.05, 0) is 42.0 Å². The van der Waals surface area contributed by atoms with E-state index in [0.717, 1.165) is 10.4 Å². The fourth-order valence-corrected chi connectivity index (χ4v) is 3.49. The van der Waals surface area contributed by atoms with Gasteiger partial charge in [0.15, 0.2) is 6.61 Å². The highest BCUT2D eigenvalue weighted by molar-refractivity contribution is 7.14. The Balaban J connectivity index is 1.57. The number of ether oxygens (including phenoxy) is 2. The van der Waals surface area contributed by atoms with Gasteiger partial charge in [0.2, 0.25) is 11.7 Å². The molecule has 31 heavy (non-hydrogen) atoms. The topological polar surface area (TPSA) is 81.7 Å². The van der Waals surface area contributed by atoms with Gasteiger partial charge in [0.1, 0.15) is 23.7 Å². The first-order valence-electron chi connectivity index (χ1n) is 9.42. The third-order valence-corrected chi connectivity index (χ3v) is 5.32. The number of carbonyl (C=O) groups is 3. The molecular weight excluding hydrogens is 421 g/mol. The monoisotopic (exact) mass is 441 g/mol. The molecule has 0 aliphatic heterocycles. The molecule has 1 N–H and O–H groups in total. The second-order valence-electron chi connectivity index (χ2n) is 6.59. The average molecular weight is 441 g/mol. The Kier molecular flexibility index (Phi) is 7.50. The van der Waals surface area contributed by atoms with E-state index in [9.17, 15) is 18.8 Å². The fraction of sp³-hybridized carbons (Fsp3) is 0.174. The Morgan fingerprint density at radius 2 is 1.74 bits per heavy atom. The molecule has 2 aromatic carbocycles. The number of esters is 1. The van der Waals surface area contributed by atoms with Crippen LogP contribution in [0, 0.1) is 5.82 Å². The maximum absolute atomic E-state index is 13.0. The minimum Gasteiger partial charge on any atom is -0.488 e. The van der Waals surface area contributed by atoms with E-state index in [1.165, 1.54) is 30.4 Å². The summed E-state index contributed by atoms with van der Waals surface area (Å²) in [4.78, 5) is 37.1. The highest BCUT2D eigenvalue weighted by Gasteiger charge is 2.17. The number of hydrogen-bond donors (Lipinski definition) is 1. The van der Waals surface area contributed by atoms with Gasteiger partial charge in [-0.25, -0.2) is 9.18 Å². The first-order chi connectivity index (χ1) is 14.9. The van der Waals surface area contributed by atoms with Gasteiger partial charge in [0, 0.05) is 11.8 Å². The molecule has 0 radical (unpaired) electrons. The third kappa shape index (κ3) is 6.48. The van der Waals surface area contributed by atoms with Crippen molar-refractivity contribution in [3.8, 4) is 5.75 Å². The van der Waals surface area contributed by atoms with E-state index in [4.69, 9.17) is 9.47 Å². The van der Waals surface area contributed by atoms with Crippen LogP contribution >= 0.6 is 11.3 Å². The largest absolute Gasteiger partial charge is 0.488 e. The van der Waals surface area contributed by atoms with Gasteiger partial charge in [-0.3, -0.25) is 9.59 Å². The summed E-state index contributed by atoms with van der Waals surface area (Å²) in [6.45, 7) is 1.49. The lowest BCUT2D eigenvalue weighted by Gasteiger charge is -2.11. The lowest BCUT2D eigenvalue weighted by atomic mass is 10.2. The molecule has 0 bridgehead atoms. The summed E-state index contributed by atoms with van der Waals surface area (Å²) in [6.07, 6.45) is 0. The molecule has 0 saturated carbocycles. The van der Waals surface area contributed by atoms with Crippen LogP contribution in [0.15, 0.2) is 60.7 Å². The lowest BCUT2D eigenvalue weighted by Crippen LogP contribution is -2.18. The zero-order chi connectivity index (χ0) is 22.2. The molecule has 0 spiro atoms. The predicted molar refractivity (Wildman–Crippen MR) is 114 cm³/mol. The van der Waals surface area contributed by atoms with Crippen molar-refractivity contribution in [3.05, 3.63) is 87.4 Å². The van der Waals surface area contributed by atoms with Gasteiger partial charge in [-0.15, -0.1) is 11.3 Å². The zero-order valence-electron chi connectivity index (χ0n) is 16.7. The third-order valence-electron chi connectivity index (χ3n) is 4.20. The van der Waals surface area contributed by atoms with E-state index in [-0.39, 0.29) is 29.7 Å². The Labute approximate surface area is 182 Å². The summed E-state index contributed by atoms with van der Waals surface area (Å²) in [5.41, 5.74) is 0.933. The molecule has 0 aliphatic carbocycles. The number of thiophene rings is 1. The van der Waals surface area contributed by atoms with Gasteiger partial charge < -0.3 is 14.8 Å². The highest BCUT2D eigenvalue weighted by Crippen LogP contribution is 2.21. The maximum Gasteiger partial charge on any atom is 0.342 e. The number of halogens is 1. The number of rotatable bonds is 9. The Morgan fingerprint density at radius 1 is 1.00 bits per heavy atom. The van der Waals surface area contributed by atoms with Crippen molar-refractivity contribution in [2.24, 2.45) is 0 Å². The summed E-state index contributed by atoms with van der Waals surface area (Å²) in [7, 11) is 0. The van der Waals surface area contributed by atoms with E-state index in [0.29, 0.717) is 17.2 Å². The van der Waals surface area contributed by atoms with E-state index in [1.807, 2.05) is 0 Å². The number of benzene rings is 2. The standard InChI is InChI=1S/C23H20FNO5S/c1-15(26)25-12-18-10-11-22(31-18)20(27)14-30-23(28)19-4-2-3-5-21(19)29-13-16-6-8-17(24)9-7-16/h2-11H,12-14H2,1H3,(H,25,26). The van der Waals surface area contributed by atoms with E-state index in [2.05, 4.69) is 5.32 Å². The number of amides is 1. The van der Waals surface area contributed by atoms with Crippen LogP contribution in [-0.4, -0.2) is 24.3 Å². The van der Waals surface area contributed by atoms with Crippen molar-refractivity contribution in [2.45, 2.75) is 20.1 Å². The van der Waals surface area contributed by atoms with Crippen molar-refractivity contribution in [3.63, 3.8) is 0 Å². The molecule has 1 heterocycles. The van der Waals surface area contributed by atoms with Crippen molar-refractivity contribution in [1.29, 1.82) is 0 Å². The fourth-order valence-electron chi connectivity index (χ4n) is 2.62. The number of carbonyl (C=O) groups excluding carboxylic acids is 3. The maximum atomic E-state index is 13.0. The van der Waals surface area contributed by atoms with Gasteiger partial charge in [-0.2, -0.15) is 0 Å². The van der Waals surface area contributed by atoms with Gasteiger partial charge in [0.25, 0.3) is 0 Å². The highest BCUT2D eigenvalue weighted by atomic mass is 32.1. The minimum absolute atomic E-state index is 0.149. The van der Waals surface area contributed by atoms with E-state index < -0.39 is 12.6 Å². The van der Waals surface area contributed by atoms with E-state index in [1.54, 1.807) is 48.5 Å². The number of hydrogen-bond acceptors (Lipinski definition) is 6. The Hall–Kier alpha value is -3.52. The van der Waals surface area contributed by atoms with Crippen LogP contribution in [0.5, 0.6) is 5.75 Å². The average Bonchev–Trinajstić information content (AvgIpc) is 3.25. The van der Waals surface area contributed by atoms with Crippen LogP contribution in [0.1, 0.15) is 37.4 Å². The molecule has 0 atom stereocenters. The molecule has 3 aromatic rings. The number of ketones is 1. The summed E-state index contributed by atoms with van der Waals surface area (Å²) in [5.74, 6) is -1.21. The normalized spacial score (nSPS) is 10.4. The molecule has 1 aromatic heterocycles. The summed E-state index contributed by atoms with van der Waals surface area (Å²) in [6, 6.07) is 15.8. The molecule has 3 rings (SSSR count). The van der Waals surface area contributed by atoms with Gasteiger partial charge in [-0.1, -0.05) is 24.3 Å². The van der Waals surface area contributed by atoms with Crippen molar-refractivity contribution in [2.75, 3.05) is 6.61 Å².